The Hall–Kier alpha value is -2.69. The number of hydrogen-bond donors (Lipinski definition) is 1. The average Bonchev–Trinajstić information content (AvgIpc) is 2.56. The van der Waals surface area contributed by atoms with E-state index in [9.17, 15) is 14.0 Å². The standard InChI is InChI=1S/C19H20FNO3/c1-14-16(9-5-10-17(14)20)19(24)21(12-6-11-18(22)23)13-15-7-3-2-4-8-15/h2-5,7-10H,6,11-13H2,1H3,(H,22,23). The number of carboxylic acids is 1. The van der Waals surface area contributed by atoms with Crippen LogP contribution in [0.3, 0.4) is 0 Å². The van der Waals surface area contributed by atoms with Crippen LogP contribution in [0, 0.1) is 12.7 Å². The van der Waals surface area contributed by atoms with E-state index in [1.165, 1.54) is 12.1 Å². The van der Waals surface area contributed by atoms with Gasteiger partial charge in [-0.3, -0.25) is 9.59 Å². The third-order valence-electron chi connectivity index (χ3n) is 3.82. The van der Waals surface area contributed by atoms with Crippen LogP contribution in [0.2, 0.25) is 0 Å². The number of nitrogens with zero attached hydrogens (tertiary/aromatic N) is 1. The van der Waals surface area contributed by atoms with Gasteiger partial charge in [-0.2, -0.15) is 0 Å². The lowest BCUT2D eigenvalue weighted by Gasteiger charge is -2.23. The maximum atomic E-state index is 13.7. The molecule has 0 radical (unpaired) electrons. The van der Waals surface area contributed by atoms with Crippen LogP contribution in [-0.4, -0.2) is 28.4 Å². The van der Waals surface area contributed by atoms with E-state index >= 15 is 0 Å². The summed E-state index contributed by atoms with van der Waals surface area (Å²) in [6, 6.07) is 13.9. The molecule has 2 aromatic carbocycles. The number of amides is 1. The normalized spacial score (nSPS) is 10.4. The van der Waals surface area contributed by atoms with Crippen molar-refractivity contribution in [2.24, 2.45) is 0 Å². The summed E-state index contributed by atoms with van der Waals surface area (Å²) in [5, 5.41) is 8.80. The maximum Gasteiger partial charge on any atom is 0.303 e. The van der Waals surface area contributed by atoms with Gasteiger partial charge in [-0.25, -0.2) is 4.39 Å². The van der Waals surface area contributed by atoms with Crippen molar-refractivity contribution in [3.63, 3.8) is 0 Å². The van der Waals surface area contributed by atoms with Crippen molar-refractivity contribution in [3.05, 3.63) is 71.0 Å². The van der Waals surface area contributed by atoms with Crippen LogP contribution in [0.15, 0.2) is 48.5 Å². The Balaban J connectivity index is 2.21. The van der Waals surface area contributed by atoms with Crippen LogP contribution in [-0.2, 0) is 11.3 Å². The zero-order valence-corrected chi connectivity index (χ0v) is 13.5. The second kappa shape index (κ2) is 8.24. The molecule has 126 valence electrons. The molecule has 0 aliphatic carbocycles. The SMILES string of the molecule is Cc1c(F)cccc1C(=O)N(CCCC(=O)O)Cc1ccccc1. The molecule has 0 atom stereocenters. The Morgan fingerprint density at radius 2 is 1.79 bits per heavy atom. The third-order valence-corrected chi connectivity index (χ3v) is 3.82. The fourth-order valence-corrected chi connectivity index (χ4v) is 2.49. The molecule has 5 heteroatoms. The van der Waals surface area contributed by atoms with E-state index < -0.39 is 11.8 Å². The van der Waals surface area contributed by atoms with E-state index in [0.717, 1.165) is 5.56 Å². The fourth-order valence-electron chi connectivity index (χ4n) is 2.49. The molecule has 0 aliphatic heterocycles. The van der Waals surface area contributed by atoms with Gasteiger partial charge in [0, 0.05) is 25.1 Å². The smallest absolute Gasteiger partial charge is 0.303 e. The van der Waals surface area contributed by atoms with Crippen LogP contribution >= 0.6 is 0 Å². The van der Waals surface area contributed by atoms with Gasteiger partial charge in [0.2, 0.25) is 0 Å². The Kier molecular flexibility index (Phi) is 6.07. The zero-order valence-electron chi connectivity index (χ0n) is 13.5. The van der Waals surface area contributed by atoms with Crippen LogP contribution < -0.4 is 0 Å². The van der Waals surface area contributed by atoms with Gasteiger partial charge in [0.1, 0.15) is 5.82 Å². The zero-order chi connectivity index (χ0) is 17.5. The number of carboxylic acid groups (broad SMARTS) is 1. The molecule has 0 fully saturated rings. The number of rotatable bonds is 7. The molecule has 2 rings (SSSR count). The summed E-state index contributed by atoms with van der Waals surface area (Å²) >= 11 is 0. The molecular formula is C19H20FNO3. The van der Waals surface area contributed by atoms with Gasteiger partial charge >= 0.3 is 5.97 Å². The van der Waals surface area contributed by atoms with Crippen LogP contribution in [0.4, 0.5) is 4.39 Å². The highest BCUT2D eigenvalue weighted by Crippen LogP contribution is 2.17. The summed E-state index contributed by atoms with van der Waals surface area (Å²) in [6.45, 7) is 2.23. The monoisotopic (exact) mass is 329 g/mol. The molecule has 0 spiro atoms. The predicted octanol–water partition coefficient (Wildman–Crippen LogP) is 3.64. The predicted molar refractivity (Wildman–Crippen MR) is 89.2 cm³/mol. The summed E-state index contributed by atoms with van der Waals surface area (Å²) in [6.07, 6.45) is 0.336. The minimum Gasteiger partial charge on any atom is -0.481 e. The molecule has 4 nitrogen and oxygen atoms in total. The van der Waals surface area contributed by atoms with E-state index in [2.05, 4.69) is 0 Å². The van der Waals surface area contributed by atoms with Gasteiger partial charge in [-0.15, -0.1) is 0 Å². The molecule has 1 amide bonds. The van der Waals surface area contributed by atoms with Crippen LogP contribution in [0.1, 0.15) is 34.3 Å². The van der Waals surface area contributed by atoms with Gasteiger partial charge in [0.15, 0.2) is 0 Å². The highest BCUT2D eigenvalue weighted by Gasteiger charge is 2.19. The topological polar surface area (TPSA) is 57.6 Å². The fraction of sp³-hybridized carbons (Fsp3) is 0.263. The lowest BCUT2D eigenvalue weighted by molar-refractivity contribution is -0.137. The summed E-state index contributed by atoms with van der Waals surface area (Å²) in [4.78, 5) is 25.1. The summed E-state index contributed by atoms with van der Waals surface area (Å²) in [7, 11) is 0. The number of aliphatic carboxylic acids is 1. The largest absolute Gasteiger partial charge is 0.481 e. The number of carbonyl (C=O) groups is 2. The summed E-state index contributed by atoms with van der Waals surface area (Å²) in [5.74, 6) is -1.61. The molecule has 0 aliphatic rings. The van der Waals surface area contributed by atoms with Crippen molar-refractivity contribution < 1.29 is 19.1 Å². The van der Waals surface area contributed by atoms with Crippen LogP contribution in [0.25, 0.3) is 0 Å². The van der Waals surface area contributed by atoms with Gasteiger partial charge in [0.05, 0.1) is 0 Å². The molecule has 0 aromatic heterocycles. The number of carbonyl (C=O) groups excluding carboxylic acids is 1. The first-order valence-electron chi connectivity index (χ1n) is 7.79. The first-order valence-corrected chi connectivity index (χ1v) is 7.79. The molecule has 1 N–H and O–H groups in total. The van der Waals surface area contributed by atoms with Crippen molar-refractivity contribution in [1.82, 2.24) is 4.90 Å². The third kappa shape index (κ3) is 4.65. The molecule has 0 saturated carbocycles. The molecular weight excluding hydrogens is 309 g/mol. The van der Waals surface area contributed by atoms with E-state index in [1.807, 2.05) is 30.3 Å². The van der Waals surface area contributed by atoms with E-state index in [0.29, 0.717) is 30.6 Å². The second-order valence-electron chi connectivity index (χ2n) is 5.62. The first kappa shape index (κ1) is 17.7. The Morgan fingerprint density at radius 1 is 1.08 bits per heavy atom. The number of benzene rings is 2. The summed E-state index contributed by atoms with van der Waals surface area (Å²) in [5.41, 5.74) is 1.55. The minimum atomic E-state index is -0.899. The Bertz CT molecular complexity index is 716. The van der Waals surface area contributed by atoms with E-state index in [-0.39, 0.29) is 12.3 Å². The summed E-state index contributed by atoms with van der Waals surface area (Å²) < 4.78 is 13.7. The van der Waals surface area contributed by atoms with Gasteiger partial charge in [0.25, 0.3) is 5.91 Å². The lowest BCUT2D eigenvalue weighted by Crippen LogP contribution is -2.32. The Labute approximate surface area is 140 Å². The number of halogens is 1. The van der Waals surface area contributed by atoms with Crippen molar-refractivity contribution >= 4 is 11.9 Å². The van der Waals surface area contributed by atoms with Crippen LogP contribution in [0.5, 0.6) is 0 Å². The number of hydrogen-bond acceptors (Lipinski definition) is 2. The Morgan fingerprint density at radius 3 is 2.46 bits per heavy atom. The molecule has 0 saturated heterocycles. The molecule has 0 heterocycles. The van der Waals surface area contributed by atoms with Crippen molar-refractivity contribution in [1.29, 1.82) is 0 Å². The van der Waals surface area contributed by atoms with Gasteiger partial charge < -0.3 is 10.0 Å². The molecule has 0 unspecified atom stereocenters. The van der Waals surface area contributed by atoms with E-state index in [4.69, 9.17) is 5.11 Å². The van der Waals surface area contributed by atoms with Crippen molar-refractivity contribution in [2.75, 3.05) is 6.54 Å². The minimum absolute atomic E-state index is 0.0132. The molecule has 0 bridgehead atoms. The quantitative estimate of drug-likeness (QED) is 0.844. The first-order chi connectivity index (χ1) is 11.5. The van der Waals surface area contributed by atoms with Gasteiger partial charge in [-0.05, 0) is 36.6 Å². The van der Waals surface area contributed by atoms with Crippen molar-refractivity contribution in [2.45, 2.75) is 26.3 Å². The highest BCUT2D eigenvalue weighted by molar-refractivity contribution is 5.95. The lowest BCUT2D eigenvalue weighted by atomic mass is 10.1. The van der Waals surface area contributed by atoms with E-state index in [1.54, 1.807) is 17.9 Å². The van der Waals surface area contributed by atoms with Gasteiger partial charge in [-0.1, -0.05) is 36.4 Å². The maximum absolute atomic E-state index is 13.7. The molecule has 24 heavy (non-hydrogen) atoms. The average molecular weight is 329 g/mol. The molecule has 2 aromatic rings. The second-order valence-corrected chi connectivity index (χ2v) is 5.62. The highest BCUT2D eigenvalue weighted by atomic mass is 19.1. The van der Waals surface area contributed by atoms with Crippen molar-refractivity contribution in [3.8, 4) is 0 Å².